The van der Waals surface area contributed by atoms with Gasteiger partial charge in [0.1, 0.15) is 0 Å². The van der Waals surface area contributed by atoms with Gasteiger partial charge in [0.05, 0.1) is 15.8 Å². The Morgan fingerprint density at radius 1 is 0.850 bits per heavy atom. The second-order valence-electron chi connectivity index (χ2n) is 4.79. The highest BCUT2D eigenvalue weighted by atomic mass is 16.6. The number of nitrogens with zero attached hydrogens (tertiary/aromatic N) is 1. The van der Waals surface area contributed by atoms with E-state index >= 15 is 0 Å². The van der Waals surface area contributed by atoms with Crippen LogP contribution >= 0.6 is 0 Å². The van der Waals surface area contributed by atoms with Crippen LogP contribution in [0.25, 0.3) is 32.6 Å². The first-order valence-electron chi connectivity index (χ1n) is 6.32. The summed E-state index contributed by atoms with van der Waals surface area (Å²) in [6, 6.07) is 16.9. The largest absolute Gasteiger partial charge is 0.354 e. The van der Waals surface area contributed by atoms with Crippen LogP contribution in [0.3, 0.4) is 0 Å². The molecule has 1 N–H and O–H groups in total. The molecule has 4 aromatic rings. The summed E-state index contributed by atoms with van der Waals surface area (Å²) in [6.07, 6.45) is 0. The average Bonchev–Trinajstić information content (AvgIpc) is 2.85. The number of H-pyrrole nitrogens is 1. The molecule has 96 valence electrons. The predicted octanol–water partition coefficient (Wildman–Crippen LogP) is 4.38. The van der Waals surface area contributed by atoms with Gasteiger partial charge in [-0.05, 0) is 12.1 Å². The minimum atomic E-state index is -0.316. The molecule has 0 saturated carbocycles. The molecule has 0 bridgehead atoms. The smallest absolute Gasteiger partial charge is 0.277 e. The van der Waals surface area contributed by atoms with Crippen molar-refractivity contribution in [3.8, 4) is 0 Å². The van der Waals surface area contributed by atoms with E-state index in [0.717, 1.165) is 27.2 Å². The van der Waals surface area contributed by atoms with Gasteiger partial charge in [-0.3, -0.25) is 10.1 Å². The maximum Gasteiger partial charge on any atom is 0.277 e. The first-order chi connectivity index (χ1) is 9.75. The molecule has 0 radical (unpaired) electrons. The molecular formula is C16H10N2O2. The zero-order valence-corrected chi connectivity index (χ0v) is 10.5. The molecule has 0 unspecified atom stereocenters. The number of rotatable bonds is 1. The Hall–Kier alpha value is -2.88. The molecule has 0 amide bonds. The molecule has 4 rings (SSSR count). The molecule has 0 aliphatic heterocycles. The molecule has 4 nitrogen and oxygen atoms in total. The van der Waals surface area contributed by atoms with Crippen LogP contribution in [-0.2, 0) is 0 Å². The van der Waals surface area contributed by atoms with Gasteiger partial charge in [0, 0.05) is 27.7 Å². The third-order valence-corrected chi connectivity index (χ3v) is 3.70. The number of nitro groups is 1. The van der Waals surface area contributed by atoms with E-state index in [2.05, 4.69) is 4.98 Å². The zero-order valence-electron chi connectivity index (χ0n) is 10.5. The molecule has 20 heavy (non-hydrogen) atoms. The second-order valence-corrected chi connectivity index (χ2v) is 4.79. The van der Waals surface area contributed by atoms with E-state index < -0.39 is 0 Å². The Bertz CT molecular complexity index is 986. The molecule has 4 heteroatoms. The number of nitro benzene ring substituents is 1. The SMILES string of the molecule is O=[N+]([O-])c1cc2c3ccccc3[nH]c2c2ccccc12. The van der Waals surface area contributed by atoms with E-state index in [0.29, 0.717) is 5.39 Å². The third kappa shape index (κ3) is 1.36. The molecule has 1 heterocycles. The lowest BCUT2D eigenvalue weighted by atomic mass is 10.0. The van der Waals surface area contributed by atoms with Crippen molar-refractivity contribution in [1.82, 2.24) is 4.98 Å². The molecule has 0 atom stereocenters. The first kappa shape index (κ1) is 11.0. The van der Waals surface area contributed by atoms with Gasteiger partial charge in [-0.25, -0.2) is 0 Å². The summed E-state index contributed by atoms with van der Waals surface area (Å²) >= 11 is 0. The first-order valence-corrected chi connectivity index (χ1v) is 6.32. The summed E-state index contributed by atoms with van der Waals surface area (Å²) in [5.41, 5.74) is 2.10. The van der Waals surface area contributed by atoms with Crippen LogP contribution in [-0.4, -0.2) is 9.91 Å². The van der Waals surface area contributed by atoms with Gasteiger partial charge < -0.3 is 4.98 Å². The zero-order chi connectivity index (χ0) is 13.7. The van der Waals surface area contributed by atoms with Crippen LogP contribution in [0, 0.1) is 10.1 Å². The summed E-state index contributed by atoms with van der Waals surface area (Å²) in [7, 11) is 0. The third-order valence-electron chi connectivity index (χ3n) is 3.70. The van der Waals surface area contributed by atoms with Crippen molar-refractivity contribution in [1.29, 1.82) is 0 Å². The summed E-state index contributed by atoms with van der Waals surface area (Å²) in [6.45, 7) is 0. The van der Waals surface area contributed by atoms with Crippen molar-refractivity contribution in [3.05, 3.63) is 64.7 Å². The van der Waals surface area contributed by atoms with Crippen molar-refractivity contribution < 1.29 is 4.92 Å². The fourth-order valence-electron chi connectivity index (χ4n) is 2.82. The highest BCUT2D eigenvalue weighted by molar-refractivity contribution is 6.19. The molecule has 0 saturated heterocycles. The number of nitrogens with one attached hydrogen (secondary N) is 1. The Kier molecular flexibility index (Phi) is 2.09. The lowest BCUT2D eigenvalue weighted by Gasteiger charge is -2.01. The normalized spacial score (nSPS) is 11.4. The monoisotopic (exact) mass is 262 g/mol. The molecule has 1 aromatic heterocycles. The van der Waals surface area contributed by atoms with Crippen LogP contribution in [0.5, 0.6) is 0 Å². The number of fused-ring (bicyclic) bond motifs is 5. The van der Waals surface area contributed by atoms with Gasteiger partial charge >= 0.3 is 0 Å². The number of aromatic nitrogens is 1. The minimum absolute atomic E-state index is 0.151. The highest BCUT2D eigenvalue weighted by Gasteiger charge is 2.17. The van der Waals surface area contributed by atoms with Crippen molar-refractivity contribution in [3.63, 3.8) is 0 Å². The predicted molar refractivity (Wildman–Crippen MR) is 80.0 cm³/mol. The molecule has 0 spiro atoms. The summed E-state index contributed by atoms with van der Waals surface area (Å²) in [4.78, 5) is 14.4. The van der Waals surface area contributed by atoms with Crippen LogP contribution in [0.2, 0.25) is 0 Å². The quantitative estimate of drug-likeness (QED) is 0.408. The summed E-state index contributed by atoms with van der Waals surface area (Å²) in [5, 5.41) is 14.8. The molecule has 0 aliphatic rings. The number of hydrogen-bond donors (Lipinski definition) is 1. The molecule has 0 aliphatic carbocycles. The number of hydrogen-bond acceptors (Lipinski definition) is 2. The van der Waals surface area contributed by atoms with E-state index in [1.807, 2.05) is 42.5 Å². The minimum Gasteiger partial charge on any atom is -0.354 e. The van der Waals surface area contributed by atoms with Crippen LogP contribution in [0.15, 0.2) is 54.6 Å². The van der Waals surface area contributed by atoms with Crippen molar-refractivity contribution in [2.45, 2.75) is 0 Å². The number of benzene rings is 3. The number of para-hydroxylation sites is 1. The number of aromatic amines is 1. The Morgan fingerprint density at radius 2 is 1.50 bits per heavy atom. The summed E-state index contributed by atoms with van der Waals surface area (Å²) in [5.74, 6) is 0. The molecular weight excluding hydrogens is 252 g/mol. The Morgan fingerprint density at radius 3 is 2.25 bits per heavy atom. The summed E-state index contributed by atoms with van der Waals surface area (Å²) < 4.78 is 0. The second kappa shape index (κ2) is 3.81. The topological polar surface area (TPSA) is 58.9 Å². The van der Waals surface area contributed by atoms with Crippen molar-refractivity contribution >= 4 is 38.3 Å². The van der Waals surface area contributed by atoms with Gasteiger partial charge in [0.25, 0.3) is 5.69 Å². The van der Waals surface area contributed by atoms with E-state index in [9.17, 15) is 10.1 Å². The van der Waals surface area contributed by atoms with Crippen molar-refractivity contribution in [2.75, 3.05) is 0 Å². The Balaban J connectivity index is 2.33. The van der Waals surface area contributed by atoms with Gasteiger partial charge in [0.15, 0.2) is 0 Å². The van der Waals surface area contributed by atoms with E-state index in [1.165, 1.54) is 0 Å². The standard InChI is InChI=1S/C16H10N2O2/c19-18(20)15-9-13-10-5-3-4-8-14(10)17-16(13)12-7-2-1-6-11(12)15/h1-9,17H. The highest BCUT2D eigenvalue weighted by Crippen LogP contribution is 2.36. The lowest BCUT2D eigenvalue weighted by molar-refractivity contribution is -0.382. The lowest BCUT2D eigenvalue weighted by Crippen LogP contribution is -1.90. The van der Waals surface area contributed by atoms with Crippen LogP contribution in [0.4, 0.5) is 5.69 Å². The van der Waals surface area contributed by atoms with Gasteiger partial charge in [-0.15, -0.1) is 0 Å². The van der Waals surface area contributed by atoms with E-state index in [-0.39, 0.29) is 10.6 Å². The molecule has 0 fully saturated rings. The van der Waals surface area contributed by atoms with E-state index in [1.54, 1.807) is 12.1 Å². The van der Waals surface area contributed by atoms with Gasteiger partial charge in [-0.1, -0.05) is 36.4 Å². The van der Waals surface area contributed by atoms with E-state index in [4.69, 9.17) is 0 Å². The van der Waals surface area contributed by atoms with Crippen molar-refractivity contribution in [2.24, 2.45) is 0 Å². The Labute approximate surface area is 113 Å². The maximum atomic E-state index is 11.3. The maximum absolute atomic E-state index is 11.3. The van der Waals surface area contributed by atoms with Crippen LogP contribution in [0.1, 0.15) is 0 Å². The van der Waals surface area contributed by atoms with Gasteiger partial charge in [0.2, 0.25) is 0 Å². The average molecular weight is 262 g/mol. The number of non-ortho nitro benzene ring substituents is 1. The van der Waals surface area contributed by atoms with Gasteiger partial charge in [-0.2, -0.15) is 0 Å². The molecule has 3 aromatic carbocycles. The fourth-order valence-corrected chi connectivity index (χ4v) is 2.82. The fraction of sp³-hybridized carbons (Fsp3) is 0. The van der Waals surface area contributed by atoms with Crippen LogP contribution < -0.4 is 0 Å².